The maximum atomic E-state index is 12.3. The second kappa shape index (κ2) is 10.7. The lowest BCUT2D eigenvalue weighted by Gasteiger charge is -2.27. The normalized spacial score (nSPS) is 27.6. The zero-order valence-electron chi connectivity index (χ0n) is 17.3. The molecule has 3 rings (SSSR count). The number of carboxylic acid groups (broad SMARTS) is 1. The van der Waals surface area contributed by atoms with Crippen LogP contribution in [-0.2, 0) is 22.4 Å². The number of allylic oxidation sites excluding steroid dienone is 2. The van der Waals surface area contributed by atoms with E-state index in [2.05, 4.69) is 18.2 Å². The molecule has 0 amide bonds. The van der Waals surface area contributed by atoms with Gasteiger partial charge in [0, 0.05) is 24.7 Å². The molecule has 0 aromatic heterocycles. The first kappa shape index (κ1) is 22.4. The van der Waals surface area contributed by atoms with Gasteiger partial charge in [-0.2, -0.15) is 0 Å². The highest BCUT2D eigenvalue weighted by molar-refractivity contribution is 5.84. The summed E-state index contributed by atoms with van der Waals surface area (Å²) in [6, 6.07) is 8.35. The third-order valence-electron chi connectivity index (χ3n) is 6.45. The van der Waals surface area contributed by atoms with E-state index < -0.39 is 18.2 Å². The van der Waals surface area contributed by atoms with Crippen molar-refractivity contribution < 1.29 is 24.9 Å². The van der Waals surface area contributed by atoms with Crippen molar-refractivity contribution in [1.29, 1.82) is 0 Å². The average molecular weight is 413 g/mol. The monoisotopic (exact) mass is 412 g/mol. The molecule has 2 aliphatic carbocycles. The number of rotatable bonds is 9. The van der Waals surface area contributed by atoms with Gasteiger partial charge in [0.25, 0.3) is 0 Å². The first-order valence-corrected chi connectivity index (χ1v) is 11.0. The van der Waals surface area contributed by atoms with Crippen molar-refractivity contribution in [1.82, 2.24) is 0 Å². The fourth-order valence-corrected chi connectivity index (χ4v) is 4.68. The van der Waals surface area contributed by atoms with Crippen LogP contribution in [0.2, 0.25) is 0 Å². The number of ketones is 1. The second-order valence-electron chi connectivity index (χ2n) is 8.56. The summed E-state index contributed by atoms with van der Waals surface area (Å²) >= 11 is 0. The van der Waals surface area contributed by atoms with Gasteiger partial charge in [-0.15, -0.1) is 0 Å². The third kappa shape index (κ3) is 5.89. The summed E-state index contributed by atoms with van der Waals surface area (Å²) in [7, 11) is 0. The van der Waals surface area contributed by atoms with E-state index >= 15 is 0 Å². The van der Waals surface area contributed by atoms with Gasteiger partial charge in [-0.1, -0.05) is 48.6 Å². The summed E-state index contributed by atoms with van der Waals surface area (Å²) in [5, 5.41) is 29.7. The molecule has 0 saturated heterocycles. The summed E-state index contributed by atoms with van der Waals surface area (Å²) in [5.41, 5.74) is 2.65. The van der Waals surface area contributed by atoms with Crippen LogP contribution in [0.3, 0.4) is 0 Å². The number of hydrogen-bond acceptors (Lipinski definition) is 4. The summed E-state index contributed by atoms with van der Waals surface area (Å²) < 4.78 is 0. The zero-order valence-corrected chi connectivity index (χ0v) is 17.3. The average Bonchev–Trinajstić information content (AvgIpc) is 3.00. The standard InChI is InChI=1S/C25H32O5/c26-22(19-12-11-17-7-5-6-8-18(17)15-19)14-13-21-20(23(27)16-24(21)28)9-3-1-2-4-10-25(29)30/h1,3,5-8,13-14,19-22,24,26,28H,2,4,9-12,15-16H2,(H,29,30)/b3-1-,14-13+/t19-,20-,21?,22-,24-/m1/s1. The largest absolute Gasteiger partial charge is 0.481 e. The number of aliphatic hydroxyl groups is 2. The minimum Gasteiger partial charge on any atom is -0.481 e. The molecule has 2 aliphatic rings. The molecule has 3 N–H and O–H groups in total. The van der Waals surface area contributed by atoms with E-state index in [1.54, 1.807) is 6.08 Å². The molecule has 1 saturated carbocycles. The van der Waals surface area contributed by atoms with Crippen molar-refractivity contribution in [2.45, 2.75) is 63.6 Å². The number of fused-ring (bicyclic) bond motifs is 1. The van der Waals surface area contributed by atoms with Crippen molar-refractivity contribution in [3.05, 3.63) is 59.7 Å². The minimum absolute atomic E-state index is 0.0495. The van der Waals surface area contributed by atoms with Gasteiger partial charge in [-0.25, -0.2) is 0 Å². The van der Waals surface area contributed by atoms with Crippen molar-refractivity contribution in [3.63, 3.8) is 0 Å². The van der Waals surface area contributed by atoms with Crippen LogP contribution in [0.25, 0.3) is 0 Å². The molecule has 1 fully saturated rings. The molecule has 1 unspecified atom stereocenters. The van der Waals surface area contributed by atoms with Crippen LogP contribution in [-0.4, -0.2) is 39.3 Å². The Bertz CT molecular complexity index is 796. The van der Waals surface area contributed by atoms with Crippen molar-refractivity contribution in [2.75, 3.05) is 0 Å². The Hall–Kier alpha value is -2.24. The molecule has 1 aromatic rings. The summed E-state index contributed by atoms with van der Waals surface area (Å²) in [5.74, 6) is -1.17. The number of carbonyl (C=O) groups excluding carboxylic acids is 1. The van der Waals surface area contributed by atoms with Crippen LogP contribution in [0.4, 0.5) is 0 Å². The smallest absolute Gasteiger partial charge is 0.303 e. The van der Waals surface area contributed by atoms with Gasteiger partial charge < -0.3 is 15.3 Å². The number of unbranched alkanes of at least 4 members (excludes halogenated alkanes) is 1. The number of aryl methyl sites for hydroxylation is 1. The van der Waals surface area contributed by atoms with E-state index in [1.165, 1.54) is 11.1 Å². The van der Waals surface area contributed by atoms with Gasteiger partial charge >= 0.3 is 5.97 Å². The number of aliphatic carboxylic acids is 1. The van der Waals surface area contributed by atoms with Gasteiger partial charge in [0.1, 0.15) is 5.78 Å². The number of Topliss-reactive ketones (excluding diaryl/α,β-unsaturated/α-hetero) is 1. The van der Waals surface area contributed by atoms with Crippen LogP contribution < -0.4 is 0 Å². The Kier molecular flexibility index (Phi) is 8.00. The highest BCUT2D eigenvalue weighted by Gasteiger charge is 2.39. The van der Waals surface area contributed by atoms with Crippen LogP contribution in [0.15, 0.2) is 48.6 Å². The molecule has 0 spiro atoms. The topological polar surface area (TPSA) is 94.8 Å². The molecule has 5 nitrogen and oxygen atoms in total. The van der Waals surface area contributed by atoms with Crippen LogP contribution in [0.5, 0.6) is 0 Å². The van der Waals surface area contributed by atoms with E-state index in [1.807, 2.05) is 24.3 Å². The Morgan fingerprint density at radius 1 is 1.17 bits per heavy atom. The van der Waals surface area contributed by atoms with E-state index in [4.69, 9.17) is 5.11 Å². The predicted octanol–water partition coefficient (Wildman–Crippen LogP) is 3.48. The lowest BCUT2D eigenvalue weighted by molar-refractivity contribution is -0.137. The van der Waals surface area contributed by atoms with Gasteiger partial charge in [-0.3, -0.25) is 9.59 Å². The Morgan fingerprint density at radius 2 is 1.93 bits per heavy atom. The lowest BCUT2D eigenvalue weighted by atomic mass is 9.80. The minimum atomic E-state index is -0.803. The highest BCUT2D eigenvalue weighted by atomic mass is 16.4. The second-order valence-corrected chi connectivity index (χ2v) is 8.56. The Labute approximate surface area is 178 Å². The zero-order chi connectivity index (χ0) is 21.5. The molecule has 0 aliphatic heterocycles. The van der Waals surface area contributed by atoms with Crippen molar-refractivity contribution >= 4 is 11.8 Å². The van der Waals surface area contributed by atoms with Gasteiger partial charge in [-0.05, 0) is 55.6 Å². The Morgan fingerprint density at radius 3 is 2.70 bits per heavy atom. The van der Waals surface area contributed by atoms with Crippen LogP contribution >= 0.6 is 0 Å². The van der Waals surface area contributed by atoms with Crippen LogP contribution in [0.1, 0.15) is 49.7 Å². The van der Waals surface area contributed by atoms with Crippen molar-refractivity contribution in [3.8, 4) is 0 Å². The molecule has 30 heavy (non-hydrogen) atoms. The van der Waals surface area contributed by atoms with Gasteiger partial charge in [0.2, 0.25) is 0 Å². The third-order valence-corrected chi connectivity index (χ3v) is 6.45. The SMILES string of the molecule is O=C(O)CCC/C=C\C[C@H]1C(=O)C[C@@H](O)C1/C=C/[C@@H](O)[C@@H]1CCc2ccccc2C1. The highest BCUT2D eigenvalue weighted by Crippen LogP contribution is 2.34. The molecule has 162 valence electrons. The number of hydrogen-bond donors (Lipinski definition) is 3. The maximum Gasteiger partial charge on any atom is 0.303 e. The molecule has 0 radical (unpaired) electrons. The summed E-state index contributed by atoms with van der Waals surface area (Å²) in [6.45, 7) is 0. The summed E-state index contributed by atoms with van der Waals surface area (Å²) in [6.07, 6.45) is 10.9. The molecular formula is C25H32O5. The fraction of sp³-hybridized carbons (Fsp3) is 0.520. The van der Waals surface area contributed by atoms with Crippen molar-refractivity contribution in [2.24, 2.45) is 17.8 Å². The van der Waals surface area contributed by atoms with Gasteiger partial charge in [0.05, 0.1) is 12.2 Å². The van der Waals surface area contributed by atoms with E-state index in [-0.39, 0.29) is 36.4 Å². The molecule has 5 heteroatoms. The lowest BCUT2D eigenvalue weighted by Crippen LogP contribution is -2.26. The summed E-state index contributed by atoms with van der Waals surface area (Å²) in [4.78, 5) is 22.9. The number of benzene rings is 1. The molecule has 5 atom stereocenters. The van der Waals surface area contributed by atoms with E-state index in [0.717, 1.165) is 19.3 Å². The number of aliphatic hydroxyl groups excluding tert-OH is 2. The maximum absolute atomic E-state index is 12.3. The van der Waals surface area contributed by atoms with Crippen LogP contribution in [0, 0.1) is 17.8 Å². The molecule has 1 aromatic carbocycles. The predicted molar refractivity (Wildman–Crippen MR) is 115 cm³/mol. The molecule has 0 heterocycles. The van der Waals surface area contributed by atoms with E-state index in [9.17, 15) is 19.8 Å². The fourth-order valence-electron chi connectivity index (χ4n) is 4.68. The number of carboxylic acids is 1. The first-order valence-electron chi connectivity index (χ1n) is 11.0. The molecular weight excluding hydrogens is 380 g/mol. The van der Waals surface area contributed by atoms with Gasteiger partial charge in [0.15, 0.2) is 0 Å². The van der Waals surface area contributed by atoms with E-state index in [0.29, 0.717) is 19.3 Å². The quantitative estimate of drug-likeness (QED) is 0.426. The first-order chi connectivity index (χ1) is 14.5. The number of carbonyl (C=O) groups is 2. The molecule has 0 bridgehead atoms. The Balaban J connectivity index is 1.55.